The van der Waals surface area contributed by atoms with E-state index in [4.69, 9.17) is 14.2 Å². The summed E-state index contributed by atoms with van der Waals surface area (Å²) in [5.74, 6) is 1.88. The molecule has 0 saturated heterocycles. The number of methoxy groups -OCH3 is 1. The zero-order chi connectivity index (χ0) is 19.1. The Kier molecular flexibility index (Phi) is 8.78. The highest BCUT2D eigenvalue weighted by Crippen LogP contribution is 2.30. The lowest BCUT2D eigenvalue weighted by Gasteiger charge is -2.27. The number of halogens is 2. The van der Waals surface area contributed by atoms with E-state index in [0.717, 1.165) is 17.1 Å². The van der Waals surface area contributed by atoms with E-state index in [1.165, 1.54) is 6.07 Å². The lowest BCUT2D eigenvalue weighted by atomic mass is 10.1. The van der Waals surface area contributed by atoms with Gasteiger partial charge < -0.3 is 24.8 Å². The third-order valence-electron chi connectivity index (χ3n) is 4.16. The lowest BCUT2D eigenvalue weighted by molar-refractivity contribution is 0.0936. The van der Waals surface area contributed by atoms with Crippen molar-refractivity contribution >= 4 is 29.9 Å². The summed E-state index contributed by atoms with van der Waals surface area (Å²) in [5.41, 5.74) is 1.48. The molecule has 1 aliphatic heterocycles. The molecule has 0 aliphatic carbocycles. The predicted octanol–water partition coefficient (Wildman–Crippen LogP) is 3.10. The Bertz CT molecular complexity index is 804. The van der Waals surface area contributed by atoms with Crippen LogP contribution in [0.2, 0.25) is 0 Å². The summed E-state index contributed by atoms with van der Waals surface area (Å²) in [6, 6.07) is 12.6. The second kappa shape index (κ2) is 11.1. The van der Waals surface area contributed by atoms with Crippen molar-refractivity contribution in [2.45, 2.75) is 19.3 Å². The molecule has 2 N–H and O–H groups in total. The van der Waals surface area contributed by atoms with Crippen molar-refractivity contribution in [3.05, 3.63) is 59.4 Å². The normalized spacial score (nSPS) is 15.5. The Hall–Kier alpha value is -2.07. The first-order chi connectivity index (χ1) is 13.2. The zero-order valence-corrected chi connectivity index (χ0v) is 18.2. The molecule has 3 rings (SSSR count). The highest BCUT2D eigenvalue weighted by atomic mass is 127. The zero-order valence-electron chi connectivity index (χ0n) is 15.9. The number of aliphatic imine (C=N–C) groups is 1. The highest BCUT2D eigenvalue weighted by molar-refractivity contribution is 14.0. The Morgan fingerprint density at radius 1 is 1.21 bits per heavy atom. The summed E-state index contributed by atoms with van der Waals surface area (Å²) in [4.78, 5) is 4.21. The van der Waals surface area contributed by atoms with Gasteiger partial charge in [0.25, 0.3) is 0 Å². The fourth-order valence-electron chi connectivity index (χ4n) is 2.78. The van der Waals surface area contributed by atoms with E-state index in [9.17, 15) is 4.39 Å². The minimum atomic E-state index is -0.266. The van der Waals surface area contributed by atoms with Crippen molar-refractivity contribution in [2.24, 2.45) is 4.99 Å². The maximum Gasteiger partial charge on any atom is 0.191 e. The molecule has 2 aromatic carbocycles. The number of para-hydroxylation sites is 2. The number of benzene rings is 2. The average Bonchev–Trinajstić information content (AvgIpc) is 2.70. The van der Waals surface area contributed by atoms with Gasteiger partial charge in [0.2, 0.25) is 0 Å². The van der Waals surface area contributed by atoms with Crippen LogP contribution in [0, 0.1) is 5.82 Å². The van der Waals surface area contributed by atoms with Gasteiger partial charge in [0.15, 0.2) is 17.5 Å². The molecule has 0 amide bonds. The molecule has 0 spiro atoms. The van der Waals surface area contributed by atoms with Crippen molar-refractivity contribution in [1.82, 2.24) is 10.6 Å². The number of guanidine groups is 1. The molecule has 0 saturated carbocycles. The van der Waals surface area contributed by atoms with Crippen LogP contribution in [-0.2, 0) is 17.9 Å². The molecular weight excluding hydrogens is 476 g/mol. The quantitative estimate of drug-likeness (QED) is 0.362. The molecule has 6 nitrogen and oxygen atoms in total. The standard InChI is InChI=1S/C20H24FN3O3.HI/c1-22-20(23-10-14-7-8-17(21)15(9-14)12-25-2)24-11-16-13-26-18-5-3-4-6-19(18)27-16;/h3-9,16H,10-13H2,1-2H3,(H2,22,23,24);1H. The third-order valence-corrected chi connectivity index (χ3v) is 4.16. The second-order valence-corrected chi connectivity index (χ2v) is 6.16. The monoisotopic (exact) mass is 501 g/mol. The Labute approximate surface area is 181 Å². The van der Waals surface area contributed by atoms with Crippen LogP contribution in [0.25, 0.3) is 0 Å². The Morgan fingerprint density at radius 3 is 2.75 bits per heavy atom. The van der Waals surface area contributed by atoms with Crippen LogP contribution in [0.15, 0.2) is 47.5 Å². The van der Waals surface area contributed by atoms with E-state index >= 15 is 0 Å². The van der Waals surface area contributed by atoms with Crippen molar-refractivity contribution < 1.29 is 18.6 Å². The molecule has 0 radical (unpaired) electrons. The Morgan fingerprint density at radius 2 is 2.00 bits per heavy atom. The summed E-state index contributed by atoms with van der Waals surface area (Å²) in [7, 11) is 3.25. The SMILES string of the molecule is CN=C(NCc1ccc(F)c(COC)c1)NCC1COc2ccccc2O1.I. The summed E-state index contributed by atoms with van der Waals surface area (Å²) < 4.78 is 30.3. The first-order valence-corrected chi connectivity index (χ1v) is 8.79. The summed E-state index contributed by atoms with van der Waals surface area (Å²) in [6.07, 6.45) is -0.113. The first-order valence-electron chi connectivity index (χ1n) is 8.79. The lowest BCUT2D eigenvalue weighted by Crippen LogP contribution is -2.45. The molecule has 1 heterocycles. The molecule has 8 heteroatoms. The van der Waals surface area contributed by atoms with Crippen LogP contribution >= 0.6 is 24.0 Å². The van der Waals surface area contributed by atoms with Gasteiger partial charge in [-0.05, 0) is 29.8 Å². The smallest absolute Gasteiger partial charge is 0.191 e. The molecule has 28 heavy (non-hydrogen) atoms. The van der Waals surface area contributed by atoms with Gasteiger partial charge in [0.05, 0.1) is 13.2 Å². The maximum atomic E-state index is 13.7. The van der Waals surface area contributed by atoms with Gasteiger partial charge in [-0.15, -0.1) is 24.0 Å². The van der Waals surface area contributed by atoms with Gasteiger partial charge in [-0.25, -0.2) is 4.39 Å². The first kappa shape index (κ1) is 22.2. The van der Waals surface area contributed by atoms with Gasteiger partial charge in [-0.3, -0.25) is 4.99 Å². The number of fused-ring (bicyclic) bond motifs is 1. The summed E-state index contributed by atoms with van der Waals surface area (Å²) in [5, 5.41) is 6.44. The van der Waals surface area contributed by atoms with Crippen LogP contribution in [-0.4, -0.2) is 39.4 Å². The molecule has 2 aromatic rings. The van der Waals surface area contributed by atoms with Crippen LogP contribution in [0.4, 0.5) is 4.39 Å². The van der Waals surface area contributed by atoms with Crippen LogP contribution < -0.4 is 20.1 Å². The number of rotatable bonds is 6. The van der Waals surface area contributed by atoms with E-state index in [0.29, 0.717) is 31.2 Å². The van der Waals surface area contributed by atoms with Crippen LogP contribution in [0.3, 0.4) is 0 Å². The van der Waals surface area contributed by atoms with Gasteiger partial charge in [-0.1, -0.05) is 18.2 Å². The average molecular weight is 501 g/mol. The highest BCUT2D eigenvalue weighted by Gasteiger charge is 2.20. The van der Waals surface area contributed by atoms with E-state index in [1.807, 2.05) is 24.3 Å². The van der Waals surface area contributed by atoms with E-state index in [2.05, 4.69) is 15.6 Å². The molecule has 1 aliphatic rings. The fraction of sp³-hybridized carbons (Fsp3) is 0.350. The topological polar surface area (TPSA) is 64.1 Å². The van der Waals surface area contributed by atoms with Crippen LogP contribution in [0.5, 0.6) is 11.5 Å². The largest absolute Gasteiger partial charge is 0.486 e. The fourth-order valence-corrected chi connectivity index (χ4v) is 2.78. The van der Waals surface area contributed by atoms with Gasteiger partial charge in [-0.2, -0.15) is 0 Å². The van der Waals surface area contributed by atoms with Crippen molar-refractivity contribution in [2.75, 3.05) is 27.3 Å². The predicted molar refractivity (Wildman–Crippen MR) is 117 cm³/mol. The van der Waals surface area contributed by atoms with Crippen molar-refractivity contribution in [1.29, 1.82) is 0 Å². The van der Waals surface area contributed by atoms with E-state index in [-0.39, 0.29) is 42.5 Å². The molecule has 152 valence electrons. The minimum absolute atomic E-state index is 0. The van der Waals surface area contributed by atoms with Crippen LogP contribution in [0.1, 0.15) is 11.1 Å². The summed E-state index contributed by atoms with van der Waals surface area (Å²) >= 11 is 0. The molecule has 0 fully saturated rings. The number of nitrogens with zero attached hydrogens (tertiary/aromatic N) is 1. The van der Waals surface area contributed by atoms with E-state index < -0.39 is 0 Å². The summed E-state index contributed by atoms with van der Waals surface area (Å²) in [6.45, 7) is 1.78. The molecule has 0 bridgehead atoms. The molecule has 1 unspecified atom stereocenters. The number of hydrogen-bond acceptors (Lipinski definition) is 4. The molecule has 0 aromatic heterocycles. The molecule has 1 atom stereocenters. The van der Waals surface area contributed by atoms with Gasteiger partial charge >= 0.3 is 0 Å². The maximum absolute atomic E-state index is 13.7. The number of nitrogens with one attached hydrogen (secondary N) is 2. The minimum Gasteiger partial charge on any atom is -0.486 e. The third kappa shape index (κ3) is 5.96. The Balaban J connectivity index is 0.00000280. The van der Waals surface area contributed by atoms with Crippen molar-refractivity contribution in [3.63, 3.8) is 0 Å². The number of ether oxygens (including phenoxy) is 3. The van der Waals surface area contributed by atoms with Gasteiger partial charge in [0, 0.05) is 26.3 Å². The number of hydrogen-bond donors (Lipinski definition) is 2. The van der Waals surface area contributed by atoms with Gasteiger partial charge in [0.1, 0.15) is 18.5 Å². The van der Waals surface area contributed by atoms with E-state index in [1.54, 1.807) is 26.3 Å². The molecular formula is C20H25FIN3O3. The van der Waals surface area contributed by atoms with Crippen molar-refractivity contribution in [3.8, 4) is 11.5 Å². The second-order valence-electron chi connectivity index (χ2n) is 6.16.